The molecule has 2 aromatic rings. The minimum absolute atomic E-state index is 0.0536. The second-order valence-corrected chi connectivity index (χ2v) is 10.3. The Labute approximate surface area is 198 Å². The first-order chi connectivity index (χ1) is 15.8. The van der Waals surface area contributed by atoms with Crippen LogP contribution in [0.15, 0.2) is 58.3 Å². The molecule has 0 atom stereocenters. The third-order valence-corrected chi connectivity index (χ3v) is 7.23. The van der Waals surface area contributed by atoms with Gasteiger partial charge in [0.2, 0.25) is 21.7 Å². The van der Waals surface area contributed by atoms with E-state index in [4.69, 9.17) is 0 Å². The molecule has 0 saturated heterocycles. The molecule has 0 spiro atoms. The summed E-state index contributed by atoms with van der Waals surface area (Å²) in [6, 6.07) is 12.2. The minimum atomic E-state index is -3.69. The van der Waals surface area contributed by atoms with Gasteiger partial charge < -0.3 is 10.6 Å². The molecule has 0 heterocycles. The van der Waals surface area contributed by atoms with Crippen LogP contribution in [0.25, 0.3) is 0 Å². The van der Waals surface area contributed by atoms with Crippen molar-refractivity contribution in [2.45, 2.75) is 87.8 Å². The standard InChI is InChI=1S/C26H36N2O4S/c1-3-4-5-6-7-8-9-10-11-12-26(30)28-23-15-19-25(20-16-23)33(31,32)24-17-13-22(14-18-24)27-21(2)29/h13-20H,3-12H2,1-2H3,(H,27,29)(H,28,30). The van der Waals surface area contributed by atoms with Crippen LogP contribution in [0, 0.1) is 0 Å². The molecule has 0 aromatic heterocycles. The van der Waals surface area contributed by atoms with Gasteiger partial charge in [-0.25, -0.2) is 8.42 Å². The first-order valence-electron chi connectivity index (χ1n) is 11.9. The highest BCUT2D eigenvalue weighted by atomic mass is 32.2. The van der Waals surface area contributed by atoms with E-state index >= 15 is 0 Å². The van der Waals surface area contributed by atoms with Crippen LogP contribution in [0.1, 0.15) is 78.1 Å². The Bertz CT molecular complexity index is 984. The molecule has 0 aliphatic carbocycles. The number of carbonyl (C=O) groups excluding carboxylic acids is 2. The SMILES string of the molecule is CCCCCCCCCCCC(=O)Nc1ccc(S(=O)(=O)c2ccc(NC(C)=O)cc2)cc1. The van der Waals surface area contributed by atoms with Gasteiger partial charge in [0.25, 0.3) is 0 Å². The molecule has 0 bridgehead atoms. The van der Waals surface area contributed by atoms with E-state index in [1.54, 1.807) is 24.3 Å². The van der Waals surface area contributed by atoms with E-state index in [2.05, 4.69) is 17.6 Å². The van der Waals surface area contributed by atoms with Crippen molar-refractivity contribution < 1.29 is 18.0 Å². The topological polar surface area (TPSA) is 92.3 Å². The van der Waals surface area contributed by atoms with E-state index in [1.807, 2.05) is 0 Å². The number of anilines is 2. The van der Waals surface area contributed by atoms with Gasteiger partial charge in [0.15, 0.2) is 0 Å². The number of hydrogen-bond acceptors (Lipinski definition) is 4. The summed E-state index contributed by atoms with van der Waals surface area (Å²) < 4.78 is 25.7. The van der Waals surface area contributed by atoms with Crippen LogP contribution in [-0.4, -0.2) is 20.2 Å². The first kappa shape index (κ1) is 26.6. The van der Waals surface area contributed by atoms with Crippen LogP contribution >= 0.6 is 0 Å². The Morgan fingerprint density at radius 1 is 0.667 bits per heavy atom. The lowest BCUT2D eigenvalue weighted by molar-refractivity contribution is -0.116. The Hall–Kier alpha value is -2.67. The van der Waals surface area contributed by atoms with E-state index in [0.29, 0.717) is 17.8 Å². The van der Waals surface area contributed by atoms with E-state index in [1.165, 1.54) is 69.7 Å². The van der Waals surface area contributed by atoms with Gasteiger partial charge in [-0.1, -0.05) is 58.3 Å². The van der Waals surface area contributed by atoms with E-state index in [-0.39, 0.29) is 21.6 Å². The molecule has 2 aromatic carbocycles. The molecule has 180 valence electrons. The summed E-state index contributed by atoms with van der Waals surface area (Å²) in [6.07, 6.45) is 11.3. The Balaban J connectivity index is 1.78. The summed E-state index contributed by atoms with van der Waals surface area (Å²) in [5, 5.41) is 5.45. The molecule has 0 radical (unpaired) electrons. The van der Waals surface area contributed by atoms with Crippen LogP contribution in [-0.2, 0) is 19.4 Å². The summed E-state index contributed by atoms with van der Waals surface area (Å²) >= 11 is 0. The molecule has 0 unspecified atom stereocenters. The van der Waals surface area contributed by atoms with Crippen molar-refractivity contribution in [1.82, 2.24) is 0 Å². The van der Waals surface area contributed by atoms with E-state index < -0.39 is 9.84 Å². The predicted molar refractivity (Wildman–Crippen MR) is 133 cm³/mol. The van der Waals surface area contributed by atoms with Crippen molar-refractivity contribution in [2.75, 3.05) is 10.6 Å². The number of sulfone groups is 1. The highest BCUT2D eigenvalue weighted by Gasteiger charge is 2.17. The molecular weight excluding hydrogens is 436 g/mol. The van der Waals surface area contributed by atoms with Crippen molar-refractivity contribution in [3.05, 3.63) is 48.5 Å². The van der Waals surface area contributed by atoms with Crippen LogP contribution in [0.3, 0.4) is 0 Å². The molecule has 33 heavy (non-hydrogen) atoms. The zero-order valence-electron chi connectivity index (χ0n) is 19.7. The number of benzene rings is 2. The lowest BCUT2D eigenvalue weighted by Gasteiger charge is -2.09. The molecule has 0 fully saturated rings. The van der Waals surface area contributed by atoms with E-state index in [9.17, 15) is 18.0 Å². The van der Waals surface area contributed by atoms with Gasteiger partial charge in [-0.05, 0) is 55.0 Å². The number of unbranched alkanes of at least 4 members (excludes halogenated alkanes) is 8. The maximum atomic E-state index is 12.8. The van der Waals surface area contributed by atoms with Gasteiger partial charge in [-0.2, -0.15) is 0 Å². The summed E-state index contributed by atoms with van der Waals surface area (Å²) in [7, 11) is -3.69. The van der Waals surface area contributed by atoms with Crippen molar-refractivity contribution in [3.8, 4) is 0 Å². The number of nitrogens with one attached hydrogen (secondary N) is 2. The van der Waals surface area contributed by atoms with Gasteiger partial charge in [-0.15, -0.1) is 0 Å². The molecular formula is C26H36N2O4S. The zero-order valence-corrected chi connectivity index (χ0v) is 20.5. The fraction of sp³-hybridized carbons (Fsp3) is 0.462. The molecule has 2 rings (SSSR count). The van der Waals surface area contributed by atoms with Gasteiger partial charge in [0.05, 0.1) is 9.79 Å². The highest BCUT2D eigenvalue weighted by molar-refractivity contribution is 7.91. The smallest absolute Gasteiger partial charge is 0.224 e. The number of hydrogen-bond donors (Lipinski definition) is 2. The lowest BCUT2D eigenvalue weighted by Crippen LogP contribution is -2.11. The van der Waals surface area contributed by atoms with Gasteiger partial charge in [0, 0.05) is 24.7 Å². The van der Waals surface area contributed by atoms with Crippen LogP contribution in [0.4, 0.5) is 11.4 Å². The second-order valence-electron chi connectivity index (χ2n) is 8.36. The minimum Gasteiger partial charge on any atom is -0.326 e. The average molecular weight is 473 g/mol. The number of amides is 2. The van der Waals surface area contributed by atoms with Gasteiger partial charge in [-0.3, -0.25) is 9.59 Å². The molecule has 2 N–H and O–H groups in total. The normalized spacial score (nSPS) is 11.2. The number of carbonyl (C=O) groups is 2. The van der Waals surface area contributed by atoms with Gasteiger partial charge >= 0.3 is 0 Å². The van der Waals surface area contributed by atoms with Crippen LogP contribution in [0.5, 0.6) is 0 Å². The van der Waals surface area contributed by atoms with E-state index in [0.717, 1.165) is 19.3 Å². The van der Waals surface area contributed by atoms with Crippen molar-refractivity contribution >= 4 is 33.0 Å². The van der Waals surface area contributed by atoms with Crippen molar-refractivity contribution in [2.24, 2.45) is 0 Å². The predicted octanol–water partition coefficient (Wildman–Crippen LogP) is 6.34. The molecule has 7 heteroatoms. The third-order valence-electron chi connectivity index (χ3n) is 5.44. The molecule has 6 nitrogen and oxygen atoms in total. The quantitative estimate of drug-likeness (QED) is 0.314. The summed E-state index contributed by atoms with van der Waals surface area (Å²) in [5.41, 5.74) is 1.11. The fourth-order valence-corrected chi connectivity index (χ4v) is 4.85. The van der Waals surface area contributed by atoms with Gasteiger partial charge in [0.1, 0.15) is 0 Å². The Morgan fingerprint density at radius 2 is 1.09 bits per heavy atom. The maximum absolute atomic E-state index is 12.8. The lowest BCUT2D eigenvalue weighted by atomic mass is 10.1. The Kier molecular flexibility index (Phi) is 11.1. The van der Waals surface area contributed by atoms with Crippen molar-refractivity contribution in [3.63, 3.8) is 0 Å². The monoisotopic (exact) mass is 472 g/mol. The number of rotatable bonds is 14. The van der Waals surface area contributed by atoms with Crippen LogP contribution in [0.2, 0.25) is 0 Å². The molecule has 0 saturated carbocycles. The summed E-state index contributed by atoms with van der Waals surface area (Å²) in [4.78, 5) is 23.6. The maximum Gasteiger partial charge on any atom is 0.224 e. The largest absolute Gasteiger partial charge is 0.326 e. The average Bonchev–Trinajstić information content (AvgIpc) is 2.78. The second kappa shape index (κ2) is 13.8. The molecule has 0 aliphatic rings. The Morgan fingerprint density at radius 3 is 1.55 bits per heavy atom. The fourth-order valence-electron chi connectivity index (χ4n) is 3.59. The highest BCUT2D eigenvalue weighted by Crippen LogP contribution is 2.24. The summed E-state index contributed by atoms with van der Waals surface area (Å²) in [6.45, 7) is 3.61. The first-order valence-corrected chi connectivity index (χ1v) is 13.3. The molecule has 2 amide bonds. The summed E-state index contributed by atoms with van der Waals surface area (Å²) in [5.74, 6) is -0.275. The molecule has 0 aliphatic heterocycles. The van der Waals surface area contributed by atoms with Crippen LogP contribution < -0.4 is 10.6 Å². The zero-order chi connectivity index (χ0) is 24.1. The van der Waals surface area contributed by atoms with Crippen molar-refractivity contribution in [1.29, 1.82) is 0 Å². The third kappa shape index (κ3) is 9.38.